The van der Waals surface area contributed by atoms with Crippen molar-refractivity contribution in [2.24, 2.45) is 5.10 Å². The molecule has 0 amide bonds. The number of benzene rings is 2. The van der Waals surface area contributed by atoms with Gasteiger partial charge in [0, 0.05) is 29.7 Å². The Morgan fingerprint density at radius 3 is 2.70 bits per heavy atom. The molecule has 0 radical (unpaired) electrons. The third-order valence-corrected chi connectivity index (χ3v) is 4.78. The zero-order valence-corrected chi connectivity index (χ0v) is 14.6. The van der Waals surface area contributed by atoms with Crippen LogP contribution in [0.1, 0.15) is 34.7 Å². The third kappa shape index (κ3) is 2.85. The zero-order chi connectivity index (χ0) is 19.3. The summed E-state index contributed by atoms with van der Waals surface area (Å²) >= 11 is 0. The summed E-state index contributed by atoms with van der Waals surface area (Å²) in [7, 11) is 0. The lowest BCUT2D eigenvalue weighted by Gasteiger charge is -2.13. The van der Waals surface area contributed by atoms with Gasteiger partial charge in [-0.2, -0.15) is 5.10 Å². The second-order valence-electron chi connectivity index (χ2n) is 6.65. The topological polar surface area (TPSA) is 74.8 Å². The number of fused-ring (bicyclic) bond motifs is 1. The van der Waals surface area contributed by atoms with Gasteiger partial charge in [0.1, 0.15) is 23.0 Å². The van der Waals surface area contributed by atoms with Crippen molar-refractivity contribution in [1.82, 2.24) is 5.43 Å². The van der Waals surface area contributed by atoms with Crippen molar-refractivity contribution in [3.05, 3.63) is 74.6 Å². The van der Waals surface area contributed by atoms with E-state index >= 15 is 0 Å². The quantitative estimate of drug-likeness (QED) is 0.673. The fourth-order valence-corrected chi connectivity index (χ4v) is 3.54. The van der Waals surface area contributed by atoms with Gasteiger partial charge in [0.25, 0.3) is 0 Å². The number of phenolic OH excluding ortho intramolecular Hbond substituents is 1. The molecule has 2 aromatic carbocycles. The summed E-state index contributed by atoms with van der Waals surface area (Å²) in [5.41, 5.74) is 5.28. The highest BCUT2D eigenvalue weighted by molar-refractivity contribution is 6.09. The van der Waals surface area contributed by atoms with Gasteiger partial charge in [-0.05, 0) is 37.1 Å². The third-order valence-electron chi connectivity index (χ3n) is 4.78. The Kier molecular flexibility index (Phi) is 3.95. The van der Waals surface area contributed by atoms with Crippen LogP contribution >= 0.6 is 0 Å². The van der Waals surface area contributed by atoms with Crippen LogP contribution in [0.25, 0.3) is 11.0 Å². The lowest BCUT2D eigenvalue weighted by Crippen LogP contribution is -2.12. The van der Waals surface area contributed by atoms with E-state index in [4.69, 9.17) is 4.42 Å². The summed E-state index contributed by atoms with van der Waals surface area (Å²) in [6.07, 6.45) is 0.318. The molecule has 7 heteroatoms. The number of halogens is 2. The molecule has 0 saturated carbocycles. The predicted molar refractivity (Wildman–Crippen MR) is 97.0 cm³/mol. The number of phenols is 1. The molecule has 27 heavy (non-hydrogen) atoms. The number of aromatic hydroxyl groups is 1. The summed E-state index contributed by atoms with van der Waals surface area (Å²) < 4.78 is 32.4. The first kappa shape index (κ1) is 17.2. The maximum atomic E-state index is 14.1. The van der Waals surface area contributed by atoms with E-state index in [9.17, 15) is 18.7 Å². The molecule has 0 fully saturated rings. The van der Waals surface area contributed by atoms with Gasteiger partial charge in [-0.1, -0.05) is 6.07 Å². The molecule has 3 aromatic rings. The van der Waals surface area contributed by atoms with E-state index < -0.39 is 23.3 Å². The Morgan fingerprint density at radius 2 is 1.96 bits per heavy atom. The second-order valence-corrected chi connectivity index (χ2v) is 6.65. The maximum absolute atomic E-state index is 14.1. The molecule has 1 aromatic heterocycles. The Labute approximate surface area is 152 Å². The van der Waals surface area contributed by atoms with Crippen LogP contribution < -0.4 is 11.1 Å². The Bertz CT molecular complexity index is 1170. The smallest absolute Gasteiger partial charge is 0.336 e. The van der Waals surface area contributed by atoms with Gasteiger partial charge in [-0.3, -0.25) is 0 Å². The van der Waals surface area contributed by atoms with Crippen molar-refractivity contribution in [2.45, 2.75) is 26.3 Å². The van der Waals surface area contributed by atoms with Gasteiger partial charge in [0.05, 0.1) is 17.1 Å². The van der Waals surface area contributed by atoms with Crippen LogP contribution in [-0.2, 0) is 0 Å². The molecule has 1 atom stereocenters. The molecule has 1 unspecified atom stereocenters. The Hall–Kier alpha value is -3.22. The van der Waals surface area contributed by atoms with E-state index in [1.165, 1.54) is 18.2 Å². The fraction of sp³-hybridized carbons (Fsp3) is 0.200. The molecule has 1 aliphatic heterocycles. The van der Waals surface area contributed by atoms with Gasteiger partial charge in [-0.25, -0.2) is 13.6 Å². The highest BCUT2D eigenvalue weighted by atomic mass is 19.1. The number of hydrogen-bond donors (Lipinski definition) is 2. The molecule has 1 aliphatic rings. The maximum Gasteiger partial charge on any atom is 0.336 e. The van der Waals surface area contributed by atoms with E-state index in [0.29, 0.717) is 45.4 Å². The van der Waals surface area contributed by atoms with Crippen molar-refractivity contribution in [3.63, 3.8) is 0 Å². The minimum atomic E-state index is -0.652. The minimum Gasteiger partial charge on any atom is -0.506 e. The molecule has 0 aliphatic carbocycles. The summed E-state index contributed by atoms with van der Waals surface area (Å²) in [6.45, 7) is 3.48. The highest BCUT2D eigenvalue weighted by Crippen LogP contribution is 2.37. The second kappa shape index (κ2) is 6.19. The van der Waals surface area contributed by atoms with E-state index in [1.807, 2.05) is 0 Å². The first-order chi connectivity index (χ1) is 12.8. The fourth-order valence-electron chi connectivity index (χ4n) is 3.54. The molecule has 2 heterocycles. The minimum absolute atomic E-state index is 0.0352. The van der Waals surface area contributed by atoms with Crippen molar-refractivity contribution in [2.75, 3.05) is 0 Å². The summed E-state index contributed by atoms with van der Waals surface area (Å²) in [5.74, 6) is -1.33. The van der Waals surface area contributed by atoms with Crippen molar-refractivity contribution in [1.29, 1.82) is 0 Å². The number of aryl methyl sites for hydroxylation is 2. The molecular formula is C20H16F2N2O3. The number of hydrogen-bond acceptors (Lipinski definition) is 5. The molecule has 0 saturated heterocycles. The van der Waals surface area contributed by atoms with Crippen LogP contribution in [-0.4, -0.2) is 10.8 Å². The van der Waals surface area contributed by atoms with Crippen LogP contribution in [0.2, 0.25) is 0 Å². The monoisotopic (exact) mass is 370 g/mol. The van der Waals surface area contributed by atoms with E-state index in [-0.39, 0.29) is 5.75 Å². The predicted octanol–water partition coefficient (Wildman–Crippen LogP) is 3.83. The molecule has 0 spiro atoms. The molecule has 138 valence electrons. The largest absolute Gasteiger partial charge is 0.506 e. The molecule has 2 N–H and O–H groups in total. The lowest BCUT2D eigenvalue weighted by atomic mass is 9.93. The van der Waals surface area contributed by atoms with E-state index in [1.54, 1.807) is 19.9 Å². The number of hydrazone groups is 1. The number of rotatable bonds is 2. The molecule has 4 rings (SSSR count). The van der Waals surface area contributed by atoms with Gasteiger partial charge in [0.15, 0.2) is 0 Å². The van der Waals surface area contributed by atoms with E-state index in [2.05, 4.69) is 10.5 Å². The Morgan fingerprint density at radius 1 is 1.19 bits per heavy atom. The van der Waals surface area contributed by atoms with Gasteiger partial charge in [-0.15, -0.1) is 0 Å². The standard InChI is InChI=1S/C20H16F2N2O3/c1-9-5-16-19(10(2)6-17(25)27-16)20(26)18(9)15-8-14(23-24-15)12-4-3-11(21)7-13(12)22/h3-7,14,23,26H,8H2,1-2H3. The van der Waals surface area contributed by atoms with Crippen LogP contribution in [0, 0.1) is 25.5 Å². The Balaban J connectivity index is 1.76. The van der Waals surface area contributed by atoms with Gasteiger partial charge < -0.3 is 14.9 Å². The number of nitrogens with one attached hydrogen (secondary N) is 1. The van der Waals surface area contributed by atoms with E-state index in [0.717, 1.165) is 6.07 Å². The van der Waals surface area contributed by atoms with Crippen LogP contribution in [0.4, 0.5) is 8.78 Å². The number of nitrogens with zero attached hydrogens (tertiary/aromatic N) is 1. The zero-order valence-electron chi connectivity index (χ0n) is 14.6. The first-order valence-electron chi connectivity index (χ1n) is 8.39. The van der Waals surface area contributed by atoms with Crippen molar-refractivity contribution in [3.8, 4) is 5.75 Å². The van der Waals surface area contributed by atoms with Crippen molar-refractivity contribution < 1.29 is 18.3 Å². The summed E-state index contributed by atoms with van der Waals surface area (Å²) in [4.78, 5) is 11.6. The van der Waals surface area contributed by atoms with Crippen LogP contribution in [0.5, 0.6) is 5.75 Å². The van der Waals surface area contributed by atoms with Crippen LogP contribution in [0.3, 0.4) is 0 Å². The highest BCUT2D eigenvalue weighted by Gasteiger charge is 2.27. The van der Waals surface area contributed by atoms with Gasteiger partial charge in [0.2, 0.25) is 0 Å². The normalized spacial score (nSPS) is 16.4. The summed E-state index contributed by atoms with van der Waals surface area (Å²) in [5, 5.41) is 15.5. The first-order valence-corrected chi connectivity index (χ1v) is 8.39. The van der Waals surface area contributed by atoms with Crippen molar-refractivity contribution >= 4 is 16.7 Å². The average Bonchev–Trinajstić information content (AvgIpc) is 3.02. The van der Waals surface area contributed by atoms with Gasteiger partial charge >= 0.3 is 5.63 Å². The molecular weight excluding hydrogens is 354 g/mol. The summed E-state index contributed by atoms with van der Waals surface area (Å²) in [6, 6.07) is 5.93. The SMILES string of the molecule is Cc1cc2oc(=O)cc(C)c2c(O)c1C1=NNC(c2ccc(F)cc2F)C1. The molecule has 0 bridgehead atoms. The average molecular weight is 370 g/mol. The lowest BCUT2D eigenvalue weighted by molar-refractivity contribution is 0.476. The molecule has 5 nitrogen and oxygen atoms in total. The van der Waals surface area contributed by atoms with Crippen LogP contribution in [0.15, 0.2) is 44.6 Å².